The van der Waals surface area contributed by atoms with Gasteiger partial charge < -0.3 is 20.1 Å². The monoisotopic (exact) mass is 333 g/mol. The molecule has 0 saturated heterocycles. The molecule has 0 fully saturated rings. The van der Waals surface area contributed by atoms with Crippen molar-refractivity contribution in [2.75, 3.05) is 24.9 Å². The molecule has 0 unspecified atom stereocenters. The van der Waals surface area contributed by atoms with Gasteiger partial charge in [0.05, 0.1) is 26.1 Å². The molecule has 0 radical (unpaired) electrons. The number of nitrogens with zero attached hydrogens (tertiary/aromatic N) is 3. The number of anilines is 2. The molecule has 0 aliphatic rings. The Labute approximate surface area is 138 Å². The van der Waals surface area contributed by atoms with Crippen LogP contribution in [0.1, 0.15) is 13.3 Å². The number of amides is 2. The maximum atomic E-state index is 12.2. The topological polar surface area (TPSA) is 107 Å². The Morgan fingerprint density at radius 1 is 1.17 bits per heavy atom. The van der Waals surface area contributed by atoms with E-state index >= 15 is 0 Å². The molecule has 9 heteroatoms. The van der Waals surface area contributed by atoms with E-state index in [1.165, 1.54) is 25.1 Å². The average Bonchev–Trinajstić information content (AvgIpc) is 3.01. The number of carbonyl (C=O) groups is 2. The second kappa shape index (κ2) is 7.95. The minimum Gasteiger partial charge on any atom is -0.497 e. The molecule has 1 aromatic heterocycles. The molecule has 0 aliphatic heterocycles. The van der Waals surface area contributed by atoms with E-state index in [0.717, 1.165) is 0 Å². The maximum absolute atomic E-state index is 12.2. The molecule has 128 valence electrons. The predicted molar refractivity (Wildman–Crippen MR) is 87.1 cm³/mol. The summed E-state index contributed by atoms with van der Waals surface area (Å²) in [5.41, 5.74) is 0.487. The van der Waals surface area contributed by atoms with E-state index in [1.54, 1.807) is 25.1 Å². The lowest BCUT2D eigenvalue weighted by molar-refractivity contribution is -0.117. The molecule has 1 aromatic carbocycles. The van der Waals surface area contributed by atoms with Gasteiger partial charge in [0.2, 0.25) is 11.8 Å². The van der Waals surface area contributed by atoms with E-state index in [1.807, 2.05) is 0 Å². The van der Waals surface area contributed by atoms with E-state index in [-0.39, 0.29) is 18.4 Å². The Hall–Kier alpha value is -3.10. The first-order valence-electron chi connectivity index (χ1n) is 7.27. The first-order valence-corrected chi connectivity index (χ1v) is 7.27. The fraction of sp³-hybridized carbons (Fsp3) is 0.333. The highest BCUT2D eigenvalue weighted by molar-refractivity contribution is 5.92. The van der Waals surface area contributed by atoms with Crippen LogP contribution in [-0.2, 0) is 16.1 Å². The summed E-state index contributed by atoms with van der Waals surface area (Å²) in [5, 5.41) is 12.9. The van der Waals surface area contributed by atoms with Crippen LogP contribution in [0.4, 0.5) is 11.5 Å². The molecule has 1 heterocycles. The highest BCUT2D eigenvalue weighted by Gasteiger charge is 2.11. The van der Waals surface area contributed by atoms with Crippen LogP contribution in [0.2, 0.25) is 0 Å². The molecule has 9 nitrogen and oxygen atoms in total. The van der Waals surface area contributed by atoms with Gasteiger partial charge in [0.25, 0.3) is 0 Å². The Balaban J connectivity index is 2.02. The van der Waals surface area contributed by atoms with Crippen molar-refractivity contribution in [3.63, 3.8) is 0 Å². The molecule has 0 spiro atoms. The van der Waals surface area contributed by atoms with Crippen molar-refractivity contribution in [3.05, 3.63) is 24.4 Å². The van der Waals surface area contributed by atoms with Gasteiger partial charge in [0.1, 0.15) is 18.0 Å². The molecule has 24 heavy (non-hydrogen) atoms. The van der Waals surface area contributed by atoms with Crippen molar-refractivity contribution in [1.29, 1.82) is 0 Å². The Bertz CT molecular complexity index is 728. The van der Waals surface area contributed by atoms with Gasteiger partial charge in [-0.25, -0.2) is 4.68 Å². The molecule has 2 rings (SSSR count). The normalized spacial score (nSPS) is 10.1. The van der Waals surface area contributed by atoms with Gasteiger partial charge in [-0.1, -0.05) is 12.1 Å². The van der Waals surface area contributed by atoms with Crippen LogP contribution in [-0.4, -0.2) is 41.0 Å². The van der Waals surface area contributed by atoms with Crippen LogP contribution in [0.3, 0.4) is 0 Å². The van der Waals surface area contributed by atoms with Gasteiger partial charge in [-0.3, -0.25) is 9.59 Å². The highest BCUT2D eigenvalue weighted by atomic mass is 16.5. The van der Waals surface area contributed by atoms with Gasteiger partial charge in [-0.2, -0.15) is 0 Å². The first-order chi connectivity index (χ1) is 11.5. The third kappa shape index (κ3) is 4.45. The van der Waals surface area contributed by atoms with E-state index < -0.39 is 0 Å². The van der Waals surface area contributed by atoms with Crippen LogP contribution in [0.5, 0.6) is 11.5 Å². The van der Waals surface area contributed by atoms with Crippen molar-refractivity contribution >= 4 is 23.3 Å². The SMILES string of the molecule is CCC(=O)Nc1cn(CC(=O)Nc2cc(OC)ccc2OC)nn1. The van der Waals surface area contributed by atoms with Crippen LogP contribution < -0.4 is 20.1 Å². The summed E-state index contributed by atoms with van der Waals surface area (Å²) in [6.45, 7) is 1.67. The van der Waals surface area contributed by atoms with Crippen molar-refractivity contribution < 1.29 is 19.1 Å². The zero-order valence-electron chi connectivity index (χ0n) is 13.7. The minimum absolute atomic E-state index is 0.0602. The Morgan fingerprint density at radius 3 is 2.62 bits per heavy atom. The van der Waals surface area contributed by atoms with Crippen LogP contribution >= 0.6 is 0 Å². The number of carbonyl (C=O) groups excluding carboxylic acids is 2. The second-order valence-electron chi connectivity index (χ2n) is 4.82. The highest BCUT2D eigenvalue weighted by Crippen LogP contribution is 2.28. The second-order valence-corrected chi connectivity index (χ2v) is 4.82. The molecule has 0 bridgehead atoms. The number of rotatable bonds is 7. The van der Waals surface area contributed by atoms with E-state index in [9.17, 15) is 9.59 Å². The van der Waals surface area contributed by atoms with Gasteiger partial charge in [-0.05, 0) is 12.1 Å². The predicted octanol–water partition coefficient (Wildman–Crippen LogP) is 1.28. The smallest absolute Gasteiger partial charge is 0.246 e. The summed E-state index contributed by atoms with van der Waals surface area (Å²) in [5.74, 6) is 0.913. The number of methoxy groups -OCH3 is 2. The molecule has 2 aromatic rings. The summed E-state index contributed by atoms with van der Waals surface area (Å²) in [6, 6.07) is 5.09. The maximum Gasteiger partial charge on any atom is 0.246 e. The summed E-state index contributed by atoms with van der Waals surface area (Å²) in [7, 11) is 3.05. The van der Waals surface area contributed by atoms with Gasteiger partial charge in [-0.15, -0.1) is 5.10 Å². The molecule has 2 amide bonds. The standard InChI is InChI=1S/C15H19N5O4/c1-4-14(21)17-13-8-20(19-18-13)9-15(22)16-11-7-10(23-2)5-6-12(11)24-3/h5-8H,4,9H2,1-3H3,(H,16,22)(H,17,21). The zero-order valence-corrected chi connectivity index (χ0v) is 13.7. The fourth-order valence-electron chi connectivity index (χ4n) is 1.91. The van der Waals surface area contributed by atoms with Crippen molar-refractivity contribution in [3.8, 4) is 11.5 Å². The number of hydrogen-bond donors (Lipinski definition) is 2. The summed E-state index contributed by atoms with van der Waals surface area (Å²) in [4.78, 5) is 23.4. The third-order valence-electron chi connectivity index (χ3n) is 3.11. The Morgan fingerprint density at radius 2 is 1.96 bits per heavy atom. The van der Waals surface area contributed by atoms with Crippen molar-refractivity contribution in [2.45, 2.75) is 19.9 Å². The fourth-order valence-corrected chi connectivity index (χ4v) is 1.91. The molecular weight excluding hydrogens is 314 g/mol. The zero-order chi connectivity index (χ0) is 17.5. The third-order valence-corrected chi connectivity index (χ3v) is 3.11. The lowest BCUT2D eigenvalue weighted by atomic mass is 10.2. The molecular formula is C15H19N5O4. The average molecular weight is 333 g/mol. The quantitative estimate of drug-likeness (QED) is 0.790. The van der Waals surface area contributed by atoms with Crippen molar-refractivity contribution in [1.82, 2.24) is 15.0 Å². The van der Waals surface area contributed by atoms with Crippen LogP contribution in [0.25, 0.3) is 0 Å². The summed E-state index contributed by atoms with van der Waals surface area (Å²) in [6.07, 6.45) is 1.82. The van der Waals surface area contributed by atoms with Crippen LogP contribution in [0.15, 0.2) is 24.4 Å². The van der Waals surface area contributed by atoms with E-state index in [2.05, 4.69) is 20.9 Å². The van der Waals surface area contributed by atoms with E-state index in [0.29, 0.717) is 29.4 Å². The Kier molecular flexibility index (Phi) is 5.72. The van der Waals surface area contributed by atoms with Crippen LogP contribution in [0, 0.1) is 0 Å². The molecule has 0 aliphatic carbocycles. The number of benzene rings is 1. The molecule has 2 N–H and O–H groups in total. The molecule has 0 atom stereocenters. The number of nitrogens with one attached hydrogen (secondary N) is 2. The number of ether oxygens (including phenoxy) is 2. The minimum atomic E-state index is -0.320. The number of hydrogen-bond acceptors (Lipinski definition) is 6. The summed E-state index contributed by atoms with van der Waals surface area (Å²) >= 11 is 0. The largest absolute Gasteiger partial charge is 0.497 e. The lowest BCUT2D eigenvalue weighted by Gasteiger charge is -2.11. The lowest BCUT2D eigenvalue weighted by Crippen LogP contribution is -2.19. The van der Waals surface area contributed by atoms with Gasteiger partial charge >= 0.3 is 0 Å². The van der Waals surface area contributed by atoms with Crippen molar-refractivity contribution in [2.24, 2.45) is 0 Å². The van der Waals surface area contributed by atoms with Gasteiger partial charge in [0, 0.05) is 12.5 Å². The van der Waals surface area contributed by atoms with E-state index in [4.69, 9.17) is 9.47 Å². The summed E-state index contributed by atoms with van der Waals surface area (Å²) < 4.78 is 11.7. The first kappa shape index (κ1) is 17.3. The number of aromatic nitrogens is 3. The molecule has 0 saturated carbocycles. The van der Waals surface area contributed by atoms with Gasteiger partial charge in [0.15, 0.2) is 5.82 Å².